The monoisotopic (exact) mass is 238 g/mol. The van der Waals surface area contributed by atoms with Gasteiger partial charge in [0.1, 0.15) is 12.2 Å². The summed E-state index contributed by atoms with van der Waals surface area (Å²) in [4.78, 5) is 6.55. The van der Waals surface area contributed by atoms with Gasteiger partial charge in [-0.05, 0) is 19.3 Å². The summed E-state index contributed by atoms with van der Waals surface area (Å²) in [6, 6.07) is 0. The van der Waals surface area contributed by atoms with Gasteiger partial charge in [-0.1, -0.05) is 13.8 Å². The fourth-order valence-corrected chi connectivity index (χ4v) is 2.28. The van der Waals surface area contributed by atoms with E-state index in [1.807, 2.05) is 11.6 Å². The molecule has 2 heterocycles. The third-order valence-corrected chi connectivity index (χ3v) is 3.13. The van der Waals surface area contributed by atoms with Crippen molar-refractivity contribution in [1.29, 1.82) is 0 Å². The molecule has 1 aliphatic heterocycles. The molecular weight excluding hydrogens is 216 g/mol. The molecule has 96 valence electrons. The summed E-state index contributed by atoms with van der Waals surface area (Å²) in [5, 5.41) is 14.2. The van der Waals surface area contributed by atoms with E-state index in [4.69, 9.17) is 0 Å². The molecule has 17 heavy (non-hydrogen) atoms. The van der Waals surface area contributed by atoms with Crippen molar-refractivity contribution in [2.24, 2.45) is 5.92 Å². The summed E-state index contributed by atoms with van der Waals surface area (Å²) in [6.45, 7) is 9.58. The second-order valence-electron chi connectivity index (χ2n) is 5.71. The number of nitrogens with zero attached hydrogens (tertiary/aromatic N) is 4. The first-order valence-corrected chi connectivity index (χ1v) is 6.28. The largest absolute Gasteiger partial charge is 0.389 e. The highest BCUT2D eigenvalue weighted by atomic mass is 16.3. The third-order valence-electron chi connectivity index (χ3n) is 3.13. The summed E-state index contributed by atoms with van der Waals surface area (Å²) >= 11 is 0. The quantitative estimate of drug-likeness (QED) is 0.846. The fourth-order valence-electron chi connectivity index (χ4n) is 2.28. The Morgan fingerprint density at radius 1 is 1.53 bits per heavy atom. The smallest absolute Gasteiger partial charge is 0.141 e. The normalized spacial score (nSPS) is 25.9. The molecule has 5 heteroatoms. The van der Waals surface area contributed by atoms with Crippen LogP contribution in [0.15, 0.2) is 6.33 Å². The zero-order valence-electron chi connectivity index (χ0n) is 10.9. The van der Waals surface area contributed by atoms with Gasteiger partial charge in [0.15, 0.2) is 0 Å². The van der Waals surface area contributed by atoms with E-state index in [2.05, 4.69) is 28.8 Å². The van der Waals surface area contributed by atoms with Crippen molar-refractivity contribution in [3.05, 3.63) is 12.2 Å². The van der Waals surface area contributed by atoms with E-state index >= 15 is 0 Å². The van der Waals surface area contributed by atoms with Crippen molar-refractivity contribution in [3.8, 4) is 0 Å². The molecule has 0 bridgehead atoms. The molecule has 5 nitrogen and oxygen atoms in total. The molecule has 1 N–H and O–H groups in total. The maximum Gasteiger partial charge on any atom is 0.141 e. The lowest BCUT2D eigenvalue weighted by molar-refractivity contribution is 0.0673. The Kier molecular flexibility index (Phi) is 3.49. The second kappa shape index (κ2) is 4.74. The maximum absolute atomic E-state index is 9.92. The van der Waals surface area contributed by atoms with Gasteiger partial charge in [-0.3, -0.25) is 4.90 Å². The van der Waals surface area contributed by atoms with Crippen molar-refractivity contribution in [1.82, 2.24) is 19.7 Å². The first-order valence-electron chi connectivity index (χ1n) is 6.28. The van der Waals surface area contributed by atoms with Crippen molar-refractivity contribution in [3.63, 3.8) is 0 Å². The Morgan fingerprint density at radius 2 is 2.29 bits per heavy atom. The van der Waals surface area contributed by atoms with Gasteiger partial charge in [0.25, 0.3) is 0 Å². The topological polar surface area (TPSA) is 54.2 Å². The molecule has 1 aromatic rings. The van der Waals surface area contributed by atoms with Crippen LogP contribution in [-0.2, 0) is 13.1 Å². The minimum Gasteiger partial charge on any atom is -0.389 e. The van der Waals surface area contributed by atoms with Gasteiger partial charge in [0, 0.05) is 19.6 Å². The number of β-amino-alcohol motifs (C(OH)–C–C–N with tert-alkyl or cyclic N) is 1. The Balaban J connectivity index is 1.97. The Bertz CT molecular complexity index is 372. The van der Waals surface area contributed by atoms with Gasteiger partial charge in [0.2, 0.25) is 0 Å². The molecule has 0 spiro atoms. The third kappa shape index (κ3) is 3.26. The van der Waals surface area contributed by atoms with E-state index in [-0.39, 0.29) is 0 Å². The average molecular weight is 238 g/mol. The Labute approximate surface area is 102 Å². The minimum atomic E-state index is -0.539. The van der Waals surface area contributed by atoms with Crippen molar-refractivity contribution in [2.45, 2.75) is 45.9 Å². The maximum atomic E-state index is 9.92. The highest BCUT2D eigenvalue weighted by molar-refractivity contribution is 4.91. The minimum absolute atomic E-state index is 0.539. The van der Waals surface area contributed by atoms with E-state index in [9.17, 15) is 5.11 Å². The van der Waals surface area contributed by atoms with E-state index in [0.717, 1.165) is 38.4 Å². The predicted molar refractivity (Wildman–Crippen MR) is 65.4 cm³/mol. The van der Waals surface area contributed by atoms with Gasteiger partial charge in [-0.2, -0.15) is 5.10 Å². The van der Waals surface area contributed by atoms with Gasteiger partial charge < -0.3 is 5.11 Å². The predicted octanol–water partition coefficient (Wildman–Crippen LogP) is 0.891. The van der Waals surface area contributed by atoms with Gasteiger partial charge in [-0.25, -0.2) is 9.67 Å². The molecule has 0 radical (unpaired) electrons. The summed E-state index contributed by atoms with van der Waals surface area (Å²) in [5.74, 6) is 1.56. The zero-order valence-corrected chi connectivity index (χ0v) is 10.9. The van der Waals surface area contributed by atoms with Crippen LogP contribution in [0.1, 0.15) is 33.0 Å². The molecule has 1 aliphatic rings. The van der Waals surface area contributed by atoms with E-state index in [1.165, 1.54) is 0 Å². The van der Waals surface area contributed by atoms with Gasteiger partial charge in [0.05, 0.1) is 12.1 Å². The number of hydrogen-bond acceptors (Lipinski definition) is 4. The molecule has 2 rings (SSSR count). The van der Waals surface area contributed by atoms with Crippen molar-refractivity contribution in [2.75, 3.05) is 13.1 Å². The van der Waals surface area contributed by atoms with E-state index in [0.29, 0.717) is 5.92 Å². The lowest BCUT2D eigenvalue weighted by atomic mass is 10.1. The molecule has 0 amide bonds. The molecule has 1 unspecified atom stereocenters. The SMILES string of the molecule is CC(C)Cn1ncnc1CN1CCC(C)(O)C1. The molecule has 0 aromatic carbocycles. The van der Waals surface area contributed by atoms with Gasteiger partial charge in [-0.15, -0.1) is 0 Å². The number of aromatic nitrogens is 3. The standard InChI is InChI=1S/C12H22N4O/c1-10(2)6-16-11(13-9-14-16)7-15-5-4-12(3,17)8-15/h9-10,17H,4-8H2,1-3H3. The Hall–Kier alpha value is -0.940. The molecule has 0 aliphatic carbocycles. The number of hydrogen-bond donors (Lipinski definition) is 1. The fraction of sp³-hybridized carbons (Fsp3) is 0.833. The lowest BCUT2D eigenvalue weighted by Gasteiger charge is -2.18. The summed E-state index contributed by atoms with van der Waals surface area (Å²) in [7, 11) is 0. The highest BCUT2D eigenvalue weighted by Gasteiger charge is 2.31. The summed E-state index contributed by atoms with van der Waals surface area (Å²) in [6.07, 6.45) is 2.46. The van der Waals surface area contributed by atoms with E-state index < -0.39 is 5.60 Å². The van der Waals surface area contributed by atoms with Crippen LogP contribution >= 0.6 is 0 Å². The zero-order chi connectivity index (χ0) is 12.5. The molecule has 1 fully saturated rings. The first-order chi connectivity index (χ1) is 7.96. The number of aliphatic hydroxyl groups is 1. The average Bonchev–Trinajstić information content (AvgIpc) is 2.74. The molecule has 1 atom stereocenters. The number of likely N-dealkylation sites (tertiary alicyclic amines) is 1. The van der Waals surface area contributed by atoms with Crippen LogP contribution in [-0.4, -0.2) is 43.5 Å². The second-order valence-corrected chi connectivity index (χ2v) is 5.71. The first kappa shape index (κ1) is 12.5. The van der Waals surface area contributed by atoms with Crippen LogP contribution in [0, 0.1) is 5.92 Å². The van der Waals surface area contributed by atoms with Crippen LogP contribution in [0.2, 0.25) is 0 Å². The van der Waals surface area contributed by atoms with Crippen LogP contribution in [0.25, 0.3) is 0 Å². The van der Waals surface area contributed by atoms with Crippen LogP contribution in [0.5, 0.6) is 0 Å². The molecular formula is C12H22N4O. The van der Waals surface area contributed by atoms with Crippen LogP contribution in [0.3, 0.4) is 0 Å². The summed E-state index contributed by atoms with van der Waals surface area (Å²) < 4.78 is 1.97. The van der Waals surface area contributed by atoms with Crippen molar-refractivity contribution >= 4 is 0 Å². The highest BCUT2D eigenvalue weighted by Crippen LogP contribution is 2.21. The lowest BCUT2D eigenvalue weighted by Crippen LogP contribution is -2.30. The molecule has 1 saturated heterocycles. The van der Waals surface area contributed by atoms with Crippen LogP contribution in [0.4, 0.5) is 0 Å². The van der Waals surface area contributed by atoms with Crippen molar-refractivity contribution < 1.29 is 5.11 Å². The Morgan fingerprint density at radius 3 is 2.88 bits per heavy atom. The molecule has 1 aromatic heterocycles. The summed E-state index contributed by atoms with van der Waals surface area (Å²) in [5.41, 5.74) is -0.539. The van der Waals surface area contributed by atoms with Crippen LogP contribution < -0.4 is 0 Å². The molecule has 0 saturated carbocycles. The van der Waals surface area contributed by atoms with Gasteiger partial charge >= 0.3 is 0 Å². The number of rotatable bonds is 4. The van der Waals surface area contributed by atoms with E-state index in [1.54, 1.807) is 6.33 Å².